The number of benzene rings is 1. The number of fused-ring (bicyclic) bond motifs is 1. The lowest BCUT2D eigenvalue weighted by molar-refractivity contribution is -0.553. The molecule has 2 atom stereocenters. The van der Waals surface area contributed by atoms with Crippen LogP contribution >= 0.6 is 0 Å². The summed E-state index contributed by atoms with van der Waals surface area (Å²) in [5.41, 5.74) is 4.87. The highest BCUT2D eigenvalue weighted by atomic mass is 16.3. The molecule has 0 bridgehead atoms. The molecule has 2 aromatic rings. The van der Waals surface area contributed by atoms with Crippen LogP contribution in [0.2, 0.25) is 0 Å². The lowest BCUT2D eigenvalue weighted by Crippen LogP contribution is -2.43. The summed E-state index contributed by atoms with van der Waals surface area (Å²) in [5.74, 6) is 0.786. The van der Waals surface area contributed by atoms with Gasteiger partial charge in [-0.2, -0.15) is 4.57 Å². The minimum Gasteiger partial charge on any atom is -0.389 e. The summed E-state index contributed by atoms with van der Waals surface area (Å²) in [6, 6.07) is 9.83. The molecule has 156 valence electrons. The first-order valence-corrected chi connectivity index (χ1v) is 10.6. The highest BCUT2D eigenvalue weighted by Gasteiger charge is 2.41. The summed E-state index contributed by atoms with van der Waals surface area (Å²) in [7, 11) is 0. The maximum atomic E-state index is 13.3. The molecule has 3 heterocycles. The number of hydrogen-bond acceptors (Lipinski definition) is 5. The second-order valence-corrected chi connectivity index (χ2v) is 8.04. The number of nitrogens with zero attached hydrogens (tertiary/aromatic N) is 2. The summed E-state index contributed by atoms with van der Waals surface area (Å²) < 4.78 is 1.73. The summed E-state index contributed by atoms with van der Waals surface area (Å²) in [5, 5.41) is 16.3. The number of carbonyl (C=O) groups excluding carboxylic acids is 1. The lowest BCUT2D eigenvalue weighted by Gasteiger charge is -2.11. The van der Waals surface area contributed by atoms with Gasteiger partial charge in [-0.15, -0.1) is 0 Å². The maximum Gasteiger partial charge on any atom is 0.359 e. The second-order valence-electron chi connectivity index (χ2n) is 8.04. The highest BCUT2D eigenvalue weighted by molar-refractivity contribution is 5.83. The Morgan fingerprint density at radius 2 is 2.03 bits per heavy atom. The van der Waals surface area contributed by atoms with Crippen molar-refractivity contribution in [1.29, 1.82) is 0 Å². The molecule has 0 spiro atoms. The molecule has 1 aromatic carbocycles. The van der Waals surface area contributed by atoms with Gasteiger partial charge in [0.2, 0.25) is 0 Å². The Morgan fingerprint density at radius 3 is 2.77 bits per heavy atom. The van der Waals surface area contributed by atoms with Gasteiger partial charge in [-0.25, -0.2) is 9.78 Å². The molecule has 3 aliphatic rings. The van der Waals surface area contributed by atoms with Crippen LogP contribution in [0.15, 0.2) is 78.7 Å². The summed E-state index contributed by atoms with van der Waals surface area (Å²) >= 11 is 0. The van der Waals surface area contributed by atoms with Crippen molar-refractivity contribution >= 4 is 17.3 Å². The average molecular weight is 414 g/mol. The molecule has 3 N–H and O–H groups in total. The van der Waals surface area contributed by atoms with E-state index in [1.165, 1.54) is 0 Å². The fourth-order valence-corrected chi connectivity index (χ4v) is 4.15. The van der Waals surface area contributed by atoms with Gasteiger partial charge in [0.1, 0.15) is 17.6 Å². The van der Waals surface area contributed by atoms with Gasteiger partial charge in [-0.05, 0) is 29.8 Å². The van der Waals surface area contributed by atoms with E-state index in [-0.39, 0.29) is 11.9 Å². The quantitative estimate of drug-likeness (QED) is 0.657. The Labute approximate surface area is 181 Å². The smallest absolute Gasteiger partial charge is 0.359 e. The van der Waals surface area contributed by atoms with E-state index < -0.39 is 6.10 Å². The molecule has 2 unspecified atom stereocenters. The van der Waals surface area contributed by atoms with E-state index in [4.69, 9.17) is 4.98 Å². The predicted octanol–water partition coefficient (Wildman–Crippen LogP) is 2.53. The molecule has 0 amide bonds. The van der Waals surface area contributed by atoms with Gasteiger partial charge in [0, 0.05) is 25.0 Å². The number of hydrogen-bond donors (Lipinski definition) is 3. The summed E-state index contributed by atoms with van der Waals surface area (Å²) in [4.78, 5) is 18.2. The lowest BCUT2D eigenvalue weighted by atomic mass is 9.99. The van der Waals surface area contributed by atoms with E-state index >= 15 is 0 Å². The van der Waals surface area contributed by atoms with E-state index in [2.05, 4.69) is 28.8 Å². The topological polar surface area (TPSA) is 78.1 Å². The molecular weight excluding hydrogens is 388 g/mol. The third-order valence-corrected chi connectivity index (χ3v) is 5.79. The number of aliphatic hydroxyl groups is 1. The number of dihydropyridines is 1. The van der Waals surface area contributed by atoms with E-state index in [0.29, 0.717) is 19.3 Å². The van der Waals surface area contributed by atoms with Crippen LogP contribution in [-0.2, 0) is 6.42 Å². The van der Waals surface area contributed by atoms with Gasteiger partial charge < -0.3 is 10.4 Å². The van der Waals surface area contributed by atoms with E-state index in [1.54, 1.807) is 10.6 Å². The standard InChI is InChI=1S/C25H24N4O2/c30-20-8-6-18(7-9-20)15-22-25(31)29-16-23(19-10-12-26-13-11-19)27-21(24(29)28-22)14-17-4-2-1-3-5-17/h1-8,10-12,16,20,22,26,30H,9,13-15H2/p+1. The van der Waals surface area contributed by atoms with Crippen molar-refractivity contribution < 1.29 is 14.5 Å². The van der Waals surface area contributed by atoms with Crippen molar-refractivity contribution in [3.8, 4) is 0 Å². The zero-order chi connectivity index (χ0) is 21.2. The maximum absolute atomic E-state index is 13.3. The highest BCUT2D eigenvalue weighted by Crippen LogP contribution is 2.26. The molecule has 1 aromatic heterocycles. The van der Waals surface area contributed by atoms with Crippen LogP contribution in [0.25, 0.3) is 5.57 Å². The Hall–Kier alpha value is -3.51. The average Bonchev–Trinajstić information content (AvgIpc) is 3.12. The van der Waals surface area contributed by atoms with Crippen LogP contribution in [0.3, 0.4) is 0 Å². The fraction of sp³-hybridized carbons (Fsp3) is 0.240. The van der Waals surface area contributed by atoms with Crippen molar-refractivity contribution in [3.63, 3.8) is 0 Å². The van der Waals surface area contributed by atoms with Gasteiger partial charge in [0.15, 0.2) is 6.04 Å². The van der Waals surface area contributed by atoms with Crippen molar-refractivity contribution in [2.24, 2.45) is 0 Å². The zero-order valence-electron chi connectivity index (χ0n) is 17.2. The molecule has 1 aliphatic carbocycles. The van der Waals surface area contributed by atoms with Gasteiger partial charge in [-0.3, -0.25) is 5.32 Å². The normalized spacial score (nSPS) is 21.8. The molecule has 2 aliphatic heterocycles. The number of nitrogens with one attached hydrogen (secondary N) is 2. The summed E-state index contributed by atoms with van der Waals surface area (Å²) in [6.45, 7) is 0.741. The fourth-order valence-electron chi connectivity index (χ4n) is 4.15. The van der Waals surface area contributed by atoms with E-state index in [9.17, 15) is 9.90 Å². The molecule has 0 saturated carbocycles. The van der Waals surface area contributed by atoms with Crippen molar-refractivity contribution in [2.45, 2.75) is 31.4 Å². The Balaban J connectivity index is 1.49. The van der Waals surface area contributed by atoms with Crippen LogP contribution in [0.5, 0.6) is 0 Å². The number of aliphatic hydroxyl groups excluding tert-OH is 1. The van der Waals surface area contributed by atoms with Crippen LogP contribution < -0.4 is 15.2 Å². The largest absolute Gasteiger partial charge is 0.389 e. The van der Waals surface area contributed by atoms with Gasteiger partial charge in [-0.1, -0.05) is 54.6 Å². The minimum absolute atomic E-state index is 0.0203. The van der Waals surface area contributed by atoms with Gasteiger partial charge >= 0.3 is 11.7 Å². The summed E-state index contributed by atoms with van der Waals surface area (Å²) in [6.07, 6.45) is 14.9. The van der Waals surface area contributed by atoms with E-state index in [1.807, 2.05) is 48.8 Å². The number of rotatable bonds is 5. The second kappa shape index (κ2) is 8.32. The number of aromatic nitrogens is 2. The first-order chi connectivity index (χ1) is 15.2. The van der Waals surface area contributed by atoms with Crippen LogP contribution in [0.4, 0.5) is 5.82 Å². The molecular formula is C25H25N4O2+. The zero-order valence-corrected chi connectivity index (χ0v) is 17.2. The van der Waals surface area contributed by atoms with E-state index in [0.717, 1.165) is 40.5 Å². The van der Waals surface area contributed by atoms with Crippen molar-refractivity contribution in [1.82, 2.24) is 10.3 Å². The Kier molecular flexibility index (Phi) is 5.22. The predicted molar refractivity (Wildman–Crippen MR) is 119 cm³/mol. The van der Waals surface area contributed by atoms with Crippen LogP contribution in [-0.4, -0.2) is 34.7 Å². The molecule has 0 saturated heterocycles. The molecule has 5 rings (SSSR count). The van der Waals surface area contributed by atoms with Crippen LogP contribution in [0.1, 0.15) is 34.6 Å². The molecule has 0 radical (unpaired) electrons. The first kappa shape index (κ1) is 19.5. The molecule has 0 fully saturated rings. The number of anilines is 1. The molecule has 6 nitrogen and oxygen atoms in total. The Morgan fingerprint density at radius 1 is 1.16 bits per heavy atom. The molecule has 31 heavy (non-hydrogen) atoms. The van der Waals surface area contributed by atoms with Gasteiger partial charge in [0.25, 0.3) is 0 Å². The Bertz CT molecular complexity index is 1130. The number of allylic oxidation sites excluding steroid dienone is 3. The first-order valence-electron chi connectivity index (χ1n) is 10.6. The van der Waals surface area contributed by atoms with Crippen LogP contribution in [0, 0.1) is 0 Å². The SMILES string of the molecule is O=C1C(CC2=CCC(O)C=C2)Nc2c(Cc3ccccc3)nc(C3=CCNC=C3)c[n+]21. The minimum atomic E-state index is -0.432. The number of carbonyl (C=O) groups is 1. The third kappa shape index (κ3) is 4.07. The van der Waals surface area contributed by atoms with Crippen molar-refractivity contribution in [3.05, 3.63) is 95.6 Å². The molecule has 6 heteroatoms. The van der Waals surface area contributed by atoms with Crippen molar-refractivity contribution in [2.75, 3.05) is 11.9 Å². The third-order valence-electron chi connectivity index (χ3n) is 5.79. The monoisotopic (exact) mass is 413 g/mol. The van der Waals surface area contributed by atoms with Gasteiger partial charge in [0.05, 0.1) is 6.10 Å².